The van der Waals surface area contributed by atoms with E-state index in [-0.39, 0.29) is 11.5 Å². The molecule has 0 saturated heterocycles. The fraction of sp³-hybridized carbons (Fsp3) is 0.818. The molecule has 1 fully saturated rings. The van der Waals surface area contributed by atoms with Crippen LogP contribution in [0.25, 0.3) is 0 Å². The van der Waals surface area contributed by atoms with E-state index < -0.39 is 0 Å². The normalized spacial score (nSPS) is 31.0. The van der Waals surface area contributed by atoms with Crippen molar-refractivity contribution < 1.29 is 5.11 Å². The maximum Gasteiger partial charge on any atom is 0.138 e. The average Bonchev–Trinajstić information content (AvgIpc) is 2.74. The van der Waals surface area contributed by atoms with Crippen molar-refractivity contribution in [1.29, 1.82) is 0 Å². The molecule has 1 aromatic heterocycles. The van der Waals surface area contributed by atoms with Crippen molar-refractivity contribution in [3.05, 3.63) is 12.2 Å². The topological polar surface area (TPSA) is 50.9 Å². The number of hydrogen-bond donors (Lipinski definition) is 1. The molecular formula is C11H19N3O. The summed E-state index contributed by atoms with van der Waals surface area (Å²) in [6.45, 7) is 5.18. The van der Waals surface area contributed by atoms with E-state index in [0.29, 0.717) is 0 Å². The second kappa shape index (κ2) is 3.93. The number of aliphatic hydroxyl groups excluding tert-OH is 1. The smallest absolute Gasteiger partial charge is 0.138 e. The van der Waals surface area contributed by atoms with Gasteiger partial charge < -0.3 is 5.11 Å². The summed E-state index contributed by atoms with van der Waals surface area (Å²) in [5, 5.41) is 13.7. The molecule has 0 aliphatic heterocycles. The minimum Gasteiger partial charge on any atom is -0.393 e. The summed E-state index contributed by atoms with van der Waals surface area (Å²) in [5.74, 6) is 1.05. The predicted molar refractivity (Wildman–Crippen MR) is 57.4 cm³/mol. The number of nitrogens with zero attached hydrogens (tertiary/aromatic N) is 3. The van der Waals surface area contributed by atoms with Crippen LogP contribution in [0.2, 0.25) is 0 Å². The molecule has 2 unspecified atom stereocenters. The first-order valence-electron chi connectivity index (χ1n) is 5.68. The molecule has 4 heteroatoms. The second-order valence-corrected chi connectivity index (χ2v) is 4.88. The first-order valence-corrected chi connectivity index (χ1v) is 5.68. The van der Waals surface area contributed by atoms with Crippen LogP contribution in [0, 0.1) is 5.41 Å². The van der Waals surface area contributed by atoms with Crippen molar-refractivity contribution in [2.75, 3.05) is 0 Å². The molecule has 0 bridgehead atoms. The minimum atomic E-state index is -0.118. The molecule has 0 aromatic carbocycles. The molecule has 2 atom stereocenters. The Labute approximate surface area is 90.3 Å². The standard InChI is InChI=1S/C11H19N3O/c1-3-14-10(12-8-13-14)7-11(2)5-4-9(15)6-11/h8-9,15H,3-7H2,1-2H3. The quantitative estimate of drug-likeness (QED) is 0.818. The van der Waals surface area contributed by atoms with Gasteiger partial charge >= 0.3 is 0 Å². The molecule has 4 nitrogen and oxygen atoms in total. The van der Waals surface area contributed by atoms with Gasteiger partial charge in [-0.05, 0) is 31.6 Å². The molecule has 0 amide bonds. The third kappa shape index (κ3) is 2.20. The van der Waals surface area contributed by atoms with Crippen LogP contribution < -0.4 is 0 Å². The first kappa shape index (κ1) is 10.6. The highest BCUT2D eigenvalue weighted by atomic mass is 16.3. The molecule has 84 valence electrons. The van der Waals surface area contributed by atoms with Crippen LogP contribution in [0.4, 0.5) is 0 Å². The number of aromatic nitrogens is 3. The van der Waals surface area contributed by atoms with E-state index in [4.69, 9.17) is 0 Å². The predicted octanol–water partition coefficient (Wildman–Crippen LogP) is 1.39. The van der Waals surface area contributed by atoms with Gasteiger partial charge in [-0.3, -0.25) is 4.68 Å². The number of hydrogen-bond acceptors (Lipinski definition) is 3. The molecule has 0 spiro atoms. The van der Waals surface area contributed by atoms with Crippen LogP contribution >= 0.6 is 0 Å². The maximum atomic E-state index is 9.58. The zero-order valence-corrected chi connectivity index (χ0v) is 9.48. The van der Waals surface area contributed by atoms with E-state index in [1.165, 1.54) is 0 Å². The summed E-state index contributed by atoms with van der Waals surface area (Å²) in [6, 6.07) is 0. The highest BCUT2D eigenvalue weighted by Gasteiger charge is 2.35. The Balaban J connectivity index is 2.08. The van der Waals surface area contributed by atoms with Crippen LogP contribution in [0.1, 0.15) is 38.9 Å². The van der Waals surface area contributed by atoms with E-state index in [0.717, 1.165) is 38.1 Å². The van der Waals surface area contributed by atoms with Crippen molar-refractivity contribution in [2.45, 2.75) is 52.2 Å². The van der Waals surface area contributed by atoms with E-state index in [1.54, 1.807) is 6.33 Å². The van der Waals surface area contributed by atoms with Gasteiger partial charge in [0.15, 0.2) is 0 Å². The van der Waals surface area contributed by atoms with E-state index >= 15 is 0 Å². The van der Waals surface area contributed by atoms with Crippen molar-refractivity contribution in [3.63, 3.8) is 0 Å². The highest BCUT2D eigenvalue weighted by molar-refractivity contribution is 4.96. The van der Waals surface area contributed by atoms with Crippen molar-refractivity contribution >= 4 is 0 Å². The number of rotatable bonds is 3. The Morgan fingerprint density at radius 1 is 1.67 bits per heavy atom. The van der Waals surface area contributed by atoms with Gasteiger partial charge in [0.25, 0.3) is 0 Å². The van der Waals surface area contributed by atoms with Gasteiger partial charge in [0.2, 0.25) is 0 Å². The molecule has 15 heavy (non-hydrogen) atoms. The second-order valence-electron chi connectivity index (χ2n) is 4.88. The summed E-state index contributed by atoms with van der Waals surface area (Å²) in [6.07, 6.45) is 5.34. The van der Waals surface area contributed by atoms with Crippen LogP contribution in [0.15, 0.2) is 6.33 Å². The van der Waals surface area contributed by atoms with Crippen LogP contribution in [0.3, 0.4) is 0 Å². The minimum absolute atomic E-state index is 0.118. The third-order valence-corrected chi connectivity index (χ3v) is 3.39. The molecule has 1 saturated carbocycles. The summed E-state index contributed by atoms with van der Waals surface area (Å²) < 4.78 is 1.94. The fourth-order valence-electron chi connectivity index (χ4n) is 2.52. The lowest BCUT2D eigenvalue weighted by molar-refractivity contribution is 0.162. The molecule has 1 aromatic rings. The molecule has 1 aliphatic rings. The van der Waals surface area contributed by atoms with E-state index in [2.05, 4.69) is 23.9 Å². The fourth-order valence-corrected chi connectivity index (χ4v) is 2.52. The lowest BCUT2D eigenvalue weighted by atomic mass is 9.85. The van der Waals surface area contributed by atoms with Gasteiger partial charge in [-0.2, -0.15) is 5.10 Å². The van der Waals surface area contributed by atoms with Crippen molar-refractivity contribution in [2.24, 2.45) is 5.41 Å². The number of aryl methyl sites for hydroxylation is 1. The summed E-state index contributed by atoms with van der Waals surface area (Å²) >= 11 is 0. The number of aliphatic hydroxyl groups is 1. The van der Waals surface area contributed by atoms with Crippen LogP contribution in [0.5, 0.6) is 0 Å². The SMILES string of the molecule is CCn1ncnc1CC1(C)CCC(O)C1. The van der Waals surface area contributed by atoms with Gasteiger partial charge in [0.05, 0.1) is 6.10 Å². The largest absolute Gasteiger partial charge is 0.393 e. The Bertz CT molecular complexity index is 336. The van der Waals surface area contributed by atoms with E-state index in [9.17, 15) is 5.11 Å². The van der Waals surface area contributed by atoms with Crippen molar-refractivity contribution in [3.8, 4) is 0 Å². The molecule has 1 aliphatic carbocycles. The summed E-state index contributed by atoms with van der Waals surface area (Å²) in [5.41, 5.74) is 0.208. The first-order chi connectivity index (χ1) is 7.13. The molecule has 1 N–H and O–H groups in total. The molecule has 0 radical (unpaired) electrons. The van der Waals surface area contributed by atoms with Gasteiger partial charge in [0.1, 0.15) is 12.2 Å². The Morgan fingerprint density at radius 3 is 3.07 bits per heavy atom. The van der Waals surface area contributed by atoms with Gasteiger partial charge in [0, 0.05) is 13.0 Å². The Morgan fingerprint density at radius 2 is 2.47 bits per heavy atom. The van der Waals surface area contributed by atoms with Gasteiger partial charge in [-0.15, -0.1) is 0 Å². The van der Waals surface area contributed by atoms with Crippen LogP contribution in [-0.2, 0) is 13.0 Å². The van der Waals surface area contributed by atoms with Gasteiger partial charge in [-0.25, -0.2) is 4.98 Å². The lowest BCUT2D eigenvalue weighted by Crippen LogP contribution is -2.20. The van der Waals surface area contributed by atoms with E-state index in [1.807, 2.05) is 4.68 Å². The summed E-state index contributed by atoms with van der Waals surface area (Å²) in [4.78, 5) is 4.29. The highest BCUT2D eigenvalue weighted by Crippen LogP contribution is 2.40. The molecular weight excluding hydrogens is 190 g/mol. The average molecular weight is 209 g/mol. The summed E-state index contributed by atoms with van der Waals surface area (Å²) in [7, 11) is 0. The third-order valence-electron chi connectivity index (χ3n) is 3.39. The Hall–Kier alpha value is -0.900. The van der Waals surface area contributed by atoms with Crippen LogP contribution in [-0.4, -0.2) is 26.0 Å². The maximum absolute atomic E-state index is 9.58. The lowest BCUT2D eigenvalue weighted by Gasteiger charge is -2.22. The Kier molecular flexibility index (Phi) is 2.78. The zero-order chi connectivity index (χ0) is 10.9. The van der Waals surface area contributed by atoms with Crippen molar-refractivity contribution in [1.82, 2.24) is 14.8 Å². The monoisotopic (exact) mass is 209 g/mol. The zero-order valence-electron chi connectivity index (χ0n) is 9.48. The molecule has 2 rings (SSSR count). The molecule has 1 heterocycles. The van der Waals surface area contributed by atoms with Gasteiger partial charge in [-0.1, -0.05) is 6.92 Å².